The Hall–Kier alpha value is -0.800. The van der Waals surface area contributed by atoms with Crippen LogP contribution in [0.25, 0.3) is 11.0 Å². The number of fused-ring (bicyclic) bond motifs is 1. The van der Waals surface area contributed by atoms with Crippen LogP contribution in [0.1, 0.15) is 50.2 Å². The van der Waals surface area contributed by atoms with Gasteiger partial charge in [-0.2, -0.15) is 0 Å². The van der Waals surface area contributed by atoms with Gasteiger partial charge in [0.1, 0.15) is 11.6 Å². The summed E-state index contributed by atoms with van der Waals surface area (Å²) in [5.41, 5.74) is 1.51. The molecule has 1 aromatic heterocycles. The maximum absolute atomic E-state index is 13.6. The number of alkyl halides is 1. The zero-order chi connectivity index (χ0) is 15.0. The monoisotopic (exact) mass is 328 g/mol. The van der Waals surface area contributed by atoms with Crippen LogP contribution in [0.4, 0.5) is 4.39 Å². The van der Waals surface area contributed by atoms with Crippen LogP contribution in [0.15, 0.2) is 12.1 Å². The first kappa shape index (κ1) is 15.1. The molecule has 0 N–H and O–H groups in total. The molecule has 1 saturated carbocycles. The molecule has 2 aromatic rings. The molecule has 2 nitrogen and oxygen atoms in total. The van der Waals surface area contributed by atoms with Crippen molar-refractivity contribution in [1.82, 2.24) is 9.55 Å². The molecule has 0 radical (unpaired) electrons. The molecule has 0 saturated heterocycles. The third-order valence-electron chi connectivity index (χ3n) is 4.41. The van der Waals surface area contributed by atoms with Gasteiger partial charge in [0, 0.05) is 12.6 Å². The Balaban J connectivity index is 1.96. The number of imidazole rings is 1. The fourth-order valence-corrected chi connectivity index (χ4v) is 3.61. The van der Waals surface area contributed by atoms with Crippen LogP contribution >= 0.6 is 23.2 Å². The van der Waals surface area contributed by atoms with Gasteiger partial charge in [0.05, 0.1) is 21.4 Å². The normalized spacial score (nSPS) is 17.7. The fraction of sp³-hybridized carbons (Fsp3) is 0.562. The number of halogens is 3. The molecule has 1 heterocycles. The highest BCUT2D eigenvalue weighted by molar-refractivity contribution is 6.31. The highest BCUT2D eigenvalue weighted by Crippen LogP contribution is 2.31. The maximum Gasteiger partial charge on any atom is 0.144 e. The summed E-state index contributed by atoms with van der Waals surface area (Å²) < 4.78 is 15.7. The molecule has 5 heteroatoms. The Morgan fingerprint density at radius 3 is 2.76 bits per heavy atom. The molecule has 0 bridgehead atoms. The Morgan fingerprint density at radius 1 is 1.38 bits per heavy atom. The SMILES string of the molecule is CC(Cl)c1nc2cc(F)c(Cl)cc2n1CCC1CCCC1. The second kappa shape index (κ2) is 6.13. The van der Waals surface area contributed by atoms with Crippen LogP contribution in [0.2, 0.25) is 5.02 Å². The van der Waals surface area contributed by atoms with Gasteiger partial charge in [-0.25, -0.2) is 9.37 Å². The second-order valence-electron chi connectivity index (χ2n) is 5.93. The van der Waals surface area contributed by atoms with Gasteiger partial charge in [-0.1, -0.05) is 37.3 Å². The summed E-state index contributed by atoms with van der Waals surface area (Å²) in [5.74, 6) is 1.15. The van der Waals surface area contributed by atoms with E-state index in [1.807, 2.05) is 6.92 Å². The standard InChI is InChI=1S/C16H19Cl2FN2/c1-10(17)16-20-14-9-13(19)12(18)8-15(14)21(16)7-6-11-4-2-3-5-11/h8-11H,2-7H2,1H3. The molecule has 1 unspecified atom stereocenters. The summed E-state index contributed by atoms with van der Waals surface area (Å²) >= 11 is 12.2. The van der Waals surface area contributed by atoms with Crippen molar-refractivity contribution < 1.29 is 4.39 Å². The minimum absolute atomic E-state index is 0.137. The van der Waals surface area contributed by atoms with Crippen molar-refractivity contribution in [2.75, 3.05) is 0 Å². The average Bonchev–Trinajstić information content (AvgIpc) is 3.05. The lowest BCUT2D eigenvalue weighted by molar-refractivity contribution is 0.456. The maximum atomic E-state index is 13.6. The lowest BCUT2D eigenvalue weighted by atomic mass is 10.0. The van der Waals surface area contributed by atoms with E-state index in [4.69, 9.17) is 23.2 Å². The molecule has 1 aromatic carbocycles. The second-order valence-corrected chi connectivity index (χ2v) is 6.99. The van der Waals surface area contributed by atoms with Gasteiger partial charge >= 0.3 is 0 Å². The number of benzene rings is 1. The van der Waals surface area contributed by atoms with Crippen LogP contribution in [-0.4, -0.2) is 9.55 Å². The quantitative estimate of drug-likeness (QED) is 0.657. The number of nitrogens with zero attached hydrogens (tertiary/aromatic N) is 2. The van der Waals surface area contributed by atoms with E-state index in [2.05, 4.69) is 9.55 Å². The predicted octanol–water partition coefficient (Wildman–Crippen LogP) is 5.71. The molecule has 3 rings (SSSR count). The van der Waals surface area contributed by atoms with Crippen LogP contribution < -0.4 is 0 Å². The van der Waals surface area contributed by atoms with Crippen molar-refractivity contribution in [3.05, 3.63) is 28.8 Å². The molecule has 0 aliphatic heterocycles. The van der Waals surface area contributed by atoms with Crippen molar-refractivity contribution in [2.45, 2.75) is 50.9 Å². The Kier molecular flexibility index (Phi) is 4.41. The molecule has 1 aliphatic rings. The summed E-state index contributed by atoms with van der Waals surface area (Å²) in [7, 11) is 0. The topological polar surface area (TPSA) is 17.8 Å². The van der Waals surface area contributed by atoms with Crippen LogP contribution in [0, 0.1) is 11.7 Å². The number of hydrogen-bond acceptors (Lipinski definition) is 1. The van der Waals surface area contributed by atoms with Gasteiger partial charge < -0.3 is 4.57 Å². The number of aryl methyl sites for hydroxylation is 1. The van der Waals surface area contributed by atoms with Gasteiger partial charge in [0.25, 0.3) is 0 Å². The molecular weight excluding hydrogens is 310 g/mol. The largest absolute Gasteiger partial charge is 0.327 e. The summed E-state index contributed by atoms with van der Waals surface area (Å²) in [5, 5.41) is -0.0684. The molecule has 0 amide bonds. The molecular formula is C16H19Cl2FN2. The number of aromatic nitrogens is 2. The highest BCUT2D eigenvalue weighted by atomic mass is 35.5. The first-order valence-electron chi connectivity index (χ1n) is 7.55. The van der Waals surface area contributed by atoms with Crippen LogP contribution in [0.3, 0.4) is 0 Å². The Bertz CT molecular complexity index is 645. The van der Waals surface area contributed by atoms with Crippen molar-refractivity contribution in [3.63, 3.8) is 0 Å². The fourth-order valence-electron chi connectivity index (χ4n) is 3.29. The summed E-state index contributed by atoms with van der Waals surface area (Å²) in [4.78, 5) is 4.49. The van der Waals surface area contributed by atoms with E-state index >= 15 is 0 Å². The zero-order valence-corrected chi connectivity index (χ0v) is 13.6. The van der Waals surface area contributed by atoms with E-state index in [1.54, 1.807) is 6.07 Å². The molecule has 21 heavy (non-hydrogen) atoms. The minimum Gasteiger partial charge on any atom is -0.327 e. The molecule has 1 aliphatic carbocycles. The van der Waals surface area contributed by atoms with Crippen LogP contribution in [-0.2, 0) is 6.54 Å². The molecule has 114 valence electrons. The lowest BCUT2D eigenvalue weighted by Gasteiger charge is -2.14. The van der Waals surface area contributed by atoms with Crippen molar-refractivity contribution in [1.29, 1.82) is 0 Å². The van der Waals surface area contributed by atoms with Crippen LogP contribution in [0.5, 0.6) is 0 Å². The third kappa shape index (κ3) is 3.04. The average molecular weight is 329 g/mol. The van der Waals surface area contributed by atoms with Crippen molar-refractivity contribution >= 4 is 34.2 Å². The summed E-state index contributed by atoms with van der Waals surface area (Å²) in [6.07, 6.45) is 6.43. The van der Waals surface area contributed by atoms with Gasteiger partial charge in [-0.15, -0.1) is 11.6 Å². The van der Waals surface area contributed by atoms with E-state index in [9.17, 15) is 4.39 Å². The molecule has 1 fully saturated rings. The third-order valence-corrected chi connectivity index (χ3v) is 4.90. The van der Waals surface area contributed by atoms with E-state index < -0.39 is 5.82 Å². The van der Waals surface area contributed by atoms with Gasteiger partial charge in [0.2, 0.25) is 0 Å². The van der Waals surface area contributed by atoms with E-state index in [0.29, 0.717) is 5.52 Å². The van der Waals surface area contributed by atoms with Crippen molar-refractivity contribution in [2.24, 2.45) is 5.92 Å². The summed E-state index contributed by atoms with van der Waals surface area (Å²) in [6, 6.07) is 3.06. The Morgan fingerprint density at radius 2 is 2.10 bits per heavy atom. The van der Waals surface area contributed by atoms with E-state index in [-0.39, 0.29) is 10.4 Å². The lowest BCUT2D eigenvalue weighted by Crippen LogP contribution is -2.08. The van der Waals surface area contributed by atoms with Crippen molar-refractivity contribution in [3.8, 4) is 0 Å². The van der Waals surface area contributed by atoms with Gasteiger partial charge in [-0.3, -0.25) is 0 Å². The summed E-state index contributed by atoms with van der Waals surface area (Å²) in [6.45, 7) is 2.77. The van der Waals surface area contributed by atoms with E-state index in [0.717, 1.165) is 30.2 Å². The number of rotatable bonds is 4. The van der Waals surface area contributed by atoms with E-state index in [1.165, 1.54) is 31.7 Å². The molecule has 0 spiro atoms. The zero-order valence-electron chi connectivity index (χ0n) is 12.1. The number of hydrogen-bond donors (Lipinski definition) is 0. The Labute approximate surface area is 134 Å². The molecule has 1 atom stereocenters. The first-order chi connectivity index (χ1) is 10.1. The predicted molar refractivity (Wildman–Crippen MR) is 85.5 cm³/mol. The first-order valence-corrected chi connectivity index (χ1v) is 8.37. The highest BCUT2D eigenvalue weighted by Gasteiger charge is 2.19. The smallest absolute Gasteiger partial charge is 0.144 e. The minimum atomic E-state index is -0.432. The van der Waals surface area contributed by atoms with Gasteiger partial charge in [0.15, 0.2) is 0 Å². The van der Waals surface area contributed by atoms with Gasteiger partial charge in [-0.05, 0) is 25.3 Å².